The topological polar surface area (TPSA) is 81.1 Å². The second-order valence-electron chi connectivity index (χ2n) is 5.62. The van der Waals surface area contributed by atoms with Crippen LogP contribution in [0.3, 0.4) is 0 Å². The van der Waals surface area contributed by atoms with Crippen LogP contribution in [0.4, 0.5) is 0 Å². The van der Waals surface area contributed by atoms with Crippen LogP contribution in [-0.4, -0.2) is 31.7 Å². The third-order valence-electron chi connectivity index (χ3n) is 3.97. The van der Waals surface area contributed by atoms with Gasteiger partial charge in [0.15, 0.2) is 11.6 Å². The summed E-state index contributed by atoms with van der Waals surface area (Å²) in [6.07, 6.45) is 4.55. The molecule has 7 nitrogen and oxygen atoms in total. The molecule has 106 valence electrons. The van der Waals surface area contributed by atoms with Crippen LogP contribution in [0.1, 0.15) is 61.1 Å². The van der Waals surface area contributed by atoms with E-state index < -0.39 is 0 Å². The first-order valence-corrected chi connectivity index (χ1v) is 7.16. The Hall–Kier alpha value is -1.76. The molecule has 0 unspecified atom stereocenters. The molecule has 0 spiro atoms. The zero-order valence-corrected chi connectivity index (χ0v) is 11.4. The molecule has 0 aromatic carbocycles. The largest absolute Gasteiger partial charge is 0.340 e. The molecular weight excluding hydrogens is 258 g/mol. The Morgan fingerprint density at radius 1 is 1.10 bits per heavy atom. The summed E-state index contributed by atoms with van der Waals surface area (Å²) in [7, 11) is 0. The van der Waals surface area contributed by atoms with Crippen LogP contribution in [0.2, 0.25) is 0 Å². The van der Waals surface area contributed by atoms with Crippen molar-refractivity contribution in [3.8, 4) is 0 Å². The fourth-order valence-corrected chi connectivity index (χ4v) is 2.77. The van der Waals surface area contributed by atoms with Gasteiger partial charge in [0.05, 0.1) is 12.6 Å². The van der Waals surface area contributed by atoms with Crippen molar-refractivity contribution in [1.82, 2.24) is 25.2 Å². The molecule has 2 aromatic rings. The summed E-state index contributed by atoms with van der Waals surface area (Å²) in [5.41, 5.74) is 0. The van der Waals surface area contributed by atoms with Gasteiger partial charge in [0, 0.05) is 12.8 Å². The van der Waals surface area contributed by atoms with E-state index in [2.05, 4.69) is 25.2 Å². The van der Waals surface area contributed by atoms with E-state index in [1.807, 2.05) is 6.92 Å². The summed E-state index contributed by atoms with van der Waals surface area (Å²) in [4.78, 5) is 11.1. The van der Waals surface area contributed by atoms with E-state index in [0.717, 1.165) is 31.0 Å². The van der Waals surface area contributed by atoms with Gasteiger partial charge in [-0.25, -0.2) is 0 Å². The summed E-state index contributed by atoms with van der Waals surface area (Å²) in [6, 6.07) is 0.198. The number of likely N-dealkylation sites (tertiary alicyclic amines) is 1. The predicted molar refractivity (Wildman–Crippen MR) is 67.7 cm³/mol. The predicted octanol–water partition coefficient (Wildman–Crippen LogP) is 1.98. The minimum Gasteiger partial charge on any atom is -0.340 e. The Labute approximate surface area is 116 Å². The highest BCUT2D eigenvalue weighted by Gasteiger charge is 2.32. The van der Waals surface area contributed by atoms with Crippen molar-refractivity contribution < 1.29 is 9.05 Å². The van der Waals surface area contributed by atoms with E-state index in [1.54, 1.807) is 0 Å². The molecule has 20 heavy (non-hydrogen) atoms. The van der Waals surface area contributed by atoms with Crippen LogP contribution in [0.15, 0.2) is 9.05 Å². The number of hydrogen-bond acceptors (Lipinski definition) is 7. The van der Waals surface area contributed by atoms with Crippen molar-refractivity contribution in [2.45, 2.75) is 51.1 Å². The van der Waals surface area contributed by atoms with Crippen molar-refractivity contribution in [2.75, 3.05) is 6.54 Å². The normalized spacial score (nSPS) is 23.6. The summed E-state index contributed by atoms with van der Waals surface area (Å²) < 4.78 is 10.4. The van der Waals surface area contributed by atoms with Crippen molar-refractivity contribution >= 4 is 0 Å². The summed E-state index contributed by atoms with van der Waals surface area (Å²) in [6.45, 7) is 3.48. The van der Waals surface area contributed by atoms with Gasteiger partial charge in [-0.1, -0.05) is 10.3 Å². The third kappa shape index (κ3) is 2.22. The molecule has 0 radical (unpaired) electrons. The van der Waals surface area contributed by atoms with Crippen molar-refractivity contribution in [2.24, 2.45) is 0 Å². The maximum absolute atomic E-state index is 5.35. The molecule has 3 heterocycles. The van der Waals surface area contributed by atoms with E-state index in [1.165, 1.54) is 12.8 Å². The Bertz CT molecular complexity index is 603. The standard InChI is InChI=1S/C13H17N5O2/c1-8-14-13(17-19-8)10-3-2-6-18(10)7-11-15-12(16-20-11)9-4-5-9/h9-10H,2-7H2,1H3/t10-/m1/s1. The lowest BCUT2D eigenvalue weighted by Gasteiger charge is -2.19. The Kier molecular flexibility index (Phi) is 2.80. The SMILES string of the molecule is Cc1nc([C@H]2CCCN2Cc2nc(C3CC3)no2)no1. The van der Waals surface area contributed by atoms with Crippen LogP contribution in [0, 0.1) is 6.92 Å². The number of aromatic nitrogens is 4. The van der Waals surface area contributed by atoms with Gasteiger partial charge in [-0.3, -0.25) is 4.90 Å². The lowest BCUT2D eigenvalue weighted by molar-refractivity contribution is 0.202. The smallest absolute Gasteiger partial charge is 0.240 e. The second-order valence-corrected chi connectivity index (χ2v) is 5.62. The lowest BCUT2D eigenvalue weighted by Crippen LogP contribution is -2.23. The number of rotatable bonds is 4. The van der Waals surface area contributed by atoms with Gasteiger partial charge in [0.1, 0.15) is 0 Å². The molecule has 4 rings (SSSR count). The lowest BCUT2D eigenvalue weighted by atomic mass is 10.2. The highest BCUT2D eigenvalue weighted by atomic mass is 16.5. The highest BCUT2D eigenvalue weighted by Crippen LogP contribution is 2.38. The van der Waals surface area contributed by atoms with Crippen LogP contribution in [0.5, 0.6) is 0 Å². The number of aryl methyl sites for hydroxylation is 1. The molecule has 1 aliphatic carbocycles. The van der Waals surface area contributed by atoms with E-state index >= 15 is 0 Å². The molecule has 2 aliphatic rings. The first-order chi connectivity index (χ1) is 9.79. The maximum Gasteiger partial charge on any atom is 0.240 e. The fraction of sp³-hybridized carbons (Fsp3) is 0.692. The van der Waals surface area contributed by atoms with Gasteiger partial charge < -0.3 is 9.05 Å². The Morgan fingerprint density at radius 3 is 2.70 bits per heavy atom. The zero-order valence-electron chi connectivity index (χ0n) is 11.4. The molecule has 1 saturated heterocycles. The first kappa shape index (κ1) is 12.0. The average molecular weight is 275 g/mol. The Balaban J connectivity index is 1.48. The summed E-state index contributed by atoms with van der Waals surface area (Å²) >= 11 is 0. The first-order valence-electron chi connectivity index (χ1n) is 7.16. The van der Waals surface area contributed by atoms with Gasteiger partial charge in [0.2, 0.25) is 11.8 Å². The monoisotopic (exact) mass is 275 g/mol. The van der Waals surface area contributed by atoms with E-state index in [-0.39, 0.29) is 6.04 Å². The maximum atomic E-state index is 5.35. The molecule has 1 atom stereocenters. The van der Waals surface area contributed by atoms with Gasteiger partial charge in [0.25, 0.3) is 0 Å². The molecule has 0 bridgehead atoms. The molecule has 0 N–H and O–H groups in total. The van der Waals surface area contributed by atoms with E-state index in [4.69, 9.17) is 9.05 Å². The van der Waals surface area contributed by atoms with Crippen LogP contribution < -0.4 is 0 Å². The van der Waals surface area contributed by atoms with E-state index in [9.17, 15) is 0 Å². The van der Waals surface area contributed by atoms with Gasteiger partial charge in [-0.2, -0.15) is 9.97 Å². The molecule has 7 heteroatoms. The molecule has 2 fully saturated rings. The highest BCUT2D eigenvalue weighted by molar-refractivity contribution is 5.04. The molecule has 0 amide bonds. The van der Waals surface area contributed by atoms with Crippen molar-refractivity contribution in [3.05, 3.63) is 23.4 Å². The van der Waals surface area contributed by atoms with E-state index in [0.29, 0.717) is 24.2 Å². The number of nitrogens with zero attached hydrogens (tertiary/aromatic N) is 5. The second kappa shape index (κ2) is 4.66. The summed E-state index contributed by atoms with van der Waals surface area (Å²) in [5.74, 6) is 3.47. The molecule has 1 aliphatic heterocycles. The van der Waals surface area contributed by atoms with Gasteiger partial charge in [-0.05, 0) is 32.2 Å². The molecular formula is C13H17N5O2. The minimum absolute atomic E-state index is 0.198. The van der Waals surface area contributed by atoms with Crippen molar-refractivity contribution in [1.29, 1.82) is 0 Å². The van der Waals surface area contributed by atoms with Crippen molar-refractivity contribution in [3.63, 3.8) is 0 Å². The average Bonchev–Trinajstić information content (AvgIpc) is 2.86. The van der Waals surface area contributed by atoms with Gasteiger partial charge in [-0.15, -0.1) is 0 Å². The Morgan fingerprint density at radius 2 is 1.95 bits per heavy atom. The van der Waals surface area contributed by atoms with Crippen LogP contribution in [0.25, 0.3) is 0 Å². The quantitative estimate of drug-likeness (QED) is 0.843. The number of hydrogen-bond donors (Lipinski definition) is 0. The zero-order chi connectivity index (χ0) is 13.5. The fourth-order valence-electron chi connectivity index (χ4n) is 2.77. The molecule has 1 saturated carbocycles. The third-order valence-corrected chi connectivity index (χ3v) is 3.97. The van der Waals surface area contributed by atoms with Crippen LogP contribution >= 0.6 is 0 Å². The minimum atomic E-state index is 0.198. The summed E-state index contributed by atoms with van der Waals surface area (Å²) in [5, 5.41) is 8.10. The molecule has 2 aromatic heterocycles. The van der Waals surface area contributed by atoms with Gasteiger partial charge >= 0.3 is 0 Å². The van der Waals surface area contributed by atoms with Crippen LogP contribution in [-0.2, 0) is 6.54 Å².